The van der Waals surface area contributed by atoms with E-state index in [1.54, 1.807) is 0 Å². The Morgan fingerprint density at radius 1 is 0.923 bits per heavy atom. The Labute approximate surface area is 156 Å². The minimum Gasteiger partial charge on any atom is -0.378 e. The van der Waals surface area contributed by atoms with Crippen LogP contribution in [0.2, 0.25) is 0 Å². The predicted molar refractivity (Wildman–Crippen MR) is 106 cm³/mol. The van der Waals surface area contributed by atoms with Gasteiger partial charge in [-0.25, -0.2) is 0 Å². The molecule has 0 aliphatic heterocycles. The van der Waals surface area contributed by atoms with Crippen LogP contribution in [-0.2, 0) is 9.59 Å². The molecule has 0 unspecified atom stereocenters. The summed E-state index contributed by atoms with van der Waals surface area (Å²) in [5, 5.41) is 6.00. The van der Waals surface area contributed by atoms with Crippen LogP contribution >= 0.6 is 0 Å². The zero-order valence-electron chi connectivity index (χ0n) is 16.4. The lowest BCUT2D eigenvalue weighted by Crippen LogP contribution is -2.38. The quantitative estimate of drug-likeness (QED) is 0.782. The van der Waals surface area contributed by atoms with Crippen LogP contribution in [0.25, 0.3) is 0 Å². The molecule has 1 aliphatic carbocycles. The van der Waals surface area contributed by atoms with Crippen molar-refractivity contribution in [2.24, 2.45) is 11.8 Å². The van der Waals surface area contributed by atoms with Crippen molar-refractivity contribution in [2.75, 3.05) is 51.5 Å². The highest BCUT2D eigenvalue weighted by Gasteiger charge is 2.29. The number of hydrogen-bond acceptors (Lipinski definition) is 4. The van der Waals surface area contributed by atoms with Crippen LogP contribution in [-0.4, -0.2) is 58.0 Å². The molecule has 0 spiro atoms. The molecule has 0 aromatic heterocycles. The molecule has 0 radical (unpaired) electrons. The third kappa shape index (κ3) is 6.02. The lowest BCUT2D eigenvalue weighted by Gasteiger charge is -2.27. The maximum Gasteiger partial charge on any atom is 0.227 e. The molecule has 1 aromatic rings. The first-order chi connectivity index (χ1) is 12.4. The molecule has 2 amide bonds. The second kappa shape index (κ2) is 9.57. The van der Waals surface area contributed by atoms with E-state index in [1.165, 1.54) is 0 Å². The first-order valence-corrected chi connectivity index (χ1v) is 9.37. The second-order valence-electron chi connectivity index (χ2n) is 7.57. The minimum atomic E-state index is -0.00523. The van der Waals surface area contributed by atoms with Gasteiger partial charge < -0.3 is 20.4 Å². The van der Waals surface area contributed by atoms with Crippen LogP contribution in [0.3, 0.4) is 0 Å². The van der Waals surface area contributed by atoms with E-state index in [-0.39, 0.29) is 23.7 Å². The number of carbonyl (C=O) groups excluding carboxylic acids is 2. The summed E-state index contributed by atoms with van der Waals surface area (Å²) in [6, 6.07) is 7.84. The molecule has 1 saturated carbocycles. The van der Waals surface area contributed by atoms with Gasteiger partial charge in [0.1, 0.15) is 0 Å². The van der Waals surface area contributed by atoms with Gasteiger partial charge in [-0.2, -0.15) is 0 Å². The monoisotopic (exact) mass is 360 g/mol. The number of carbonyl (C=O) groups is 2. The molecule has 0 atom stereocenters. The molecule has 26 heavy (non-hydrogen) atoms. The van der Waals surface area contributed by atoms with E-state index in [4.69, 9.17) is 0 Å². The SMILES string of the molecule is CN(C)CCNC(=O)C1CCC(C(=O)Nc2ccc(N(C)C)cc2)CC1. The van der Waals surface area contributed by atoms with E-state index in [2.05, 4.69) is 10.6 Å². The van der Waals surface area contributed by atoms with Gasteiger partial charge in [0.15, 0.2) is 0 Å². The highest BCUT2D eigenvalue weighted by molar-refractivity contribution is 5.93. The van der Waals surface area contributed by atoms with Crippen LogP contribution in [0.5, 0.6) is 0 Å². The number of amides is 2. The second-order valence-corrected chi connectivity index (χ2v) is 7.57. The summed E-state index contributed by atoms with van der Waals surface area (Å²) in [5.74, 6) is 0.231. The van der Waals surface area contributed by atoms with Crippen LogP contribution in [0.15, 0.2) is 24.3 Å². The number of likely N-dealkylation sites (N-methyl/N-ethyl adjacent to an activating group) is 1. The molecule has 144 valence electrons. The third-order valence-corrected chi connectivity index (χ3v) is 4.98. The molecular formula is C20H32N4O2. The van der Waals surface area contributed by atoms with Gasteiger partial charge in [-0.1, -0.05) is 0 Å². The van der Waals surface area contributed by atoms with Crippen LogP contribution in [0.1, 0.15) is 25.7 Å². The highest BCUT2D eigenvalue weighted by atomic mass is 16.2. The topological polar surface area (TPSA) is 64.7 Å². The Hall–Kier alpha value is -2.08. The van der Waals surface area contributed by atoms with Crippen molar-refractivity contribution in [1.82, 2.24) is 10.2 Å². The maximum atomic E-state index is 12.5. The standard InChI is InChI=1S/C20H32N4O2/c1-23(2)14-13-21-19(25)15-5-7-16(8-6-15)20(26)22-17-9-11-18(12-10-17)24(3)4/h9-12,15-16H,5-8,13-14H2,1-4H3,(H,21,25)(H,22,26). The van der Waals surface area contributed by atoms with Gasteiger partial charge in [0.05, 0.1) is 0 Å². The Morgan fingerprint density at radius 2 is 1.46 bits per heavy atom. The molecule has 2 N–H and O–H groups in total. The average Bonchev–Trinajstić information content (AvgIpc) is 2.62. The van der Waals surface area contributed by atoms with Crippen molar-refractivity contribution in [2.45, 2.75) is 25.7 Å². The van der Waals surface area contributed by atoms with Crippen molar-refractivity contribution in [3.05, 3.63) is 24.3 Å². The van der Waals surface area contributed by atoms with Gasteiger partial charge in [0.25, 0.3) is 0 Å². The number of nitrogens with one attached hydrogen (secondary N) is 2. The Morgan fingerprint density at radius 3 is 1.96 bits per heavy atom. The largest absolute Gasteiger partial charge is 0.378 e. The summed E-state index contributed by atoms with van der Waals surface area (Å²) in [7, 11) is 7.96. The van der Waals surface area contributed by atoms with Crippen molar-refractivity contribution < 1.29 is 9.59 Å². The average molecular weight is 361 g/mol. The Kier molecular flexibility index (Phi) is 7.45. The summed E-state index contributed by atoms with van der Waals surface area (Å²) in [5.41, 5.74) is 1.92. The number of nitrogens with zero attached hydrogens (tertiary/aromatic N) is 2. The molecule has 2 rings (SSSR count). The Bertz CT molecular complexity index is 590. The summed E-state index contributed by atoms with van der Waals surface area (Å²) >= 11 is 0. The minimum absolute atomic E-state index is 0.00523. The van der Waals surface area contributed by atoms with E-state index in [9.17, 15) is 9.59 Å². The normalized spacial score (nSPS) is 19.9. The summed E-state index contributed by atoms with van der Waals surface area (Å²) < 4.78 is 0. The lowest BCUT2D eigenvalue weighted by molar-refractivity contribution is -0.128. The smallest absolute Gasteiger partial charge is 0.227 e. The van der Waals surface area contributed by atoms with Crippen LogP contribution < -0.4 is 15.5 Å². The van der Waals surface area contributed by atoms with Crippen molar-refractivity contribution in [3.63, 3.8) is 0 Å². The highest BCUT2D eigenvalue weighted by Crippen LogP contribution is 2.30. The molecule has 6 nitrogen and oxygen atoms in total. The fourth-order valence-corrected chi connectivity index (χ4v) is 3.25. The van der Waals surface area contributed by atoms with Gasteiger partial charge >= 0.3 is 0 Å². The molecule has 0 bridgehead atoms. The molecule has 1 aliphatic rings. The first kappa shape index (κ1) is 20.2. The third-order valence-electron chi connectivity index (χ3n) is 4.98. The molecule has 1 fully saturated rings. The van der Waals surface area contributed by atoms with E-state index in [1.807, 2.05) is 62.3 Å². The number of rotatable bonds is 7. The summed E-state index contributed by atoms with van der Waals surface area (Å²) in [4.78, 5) is 28.8. The van der Waals surface area contributed by atoms with Gasteiger partial charge in [-0.15, -0.1) is 0 Å². The molecule has 6 heteroatoms. The van der Waals surface area contributed by atoms with Gasteiger partial charge in [0, 0.05) is 50.4 Å². The van der Waals surface area contributed by atoms with Crippen LogP contribution in [0.4, 0.5) is 11.4 Å². The summed E-state index contributed by atoms with van der Waals surface area (Å²) in [6.45, 7) is 1.52. The lowest BCUT2D eigenvalue weighted by atomic mass is 9.81. The fourth-order valence-electron chi connectivity index (χ4n) is 3.25. The van der Waals surface area contributed by atoms with E-state index < -0.39 is 0 Å². The van der Waals surface area contributed by atoms with Gasteiger partial charge in [-0.3, -0.25) is 9.59 Å². The summed E-state index contributed by atoms with van der Waals surface area (Å²) in [6.07, 6.45) is 3.11. The number of hydrogen-bond donors (Lipinski definition) is 2. The van der Waals surface area contributed by atoms with Crippen molar-refractivity contribution in [1.29, 1.82) is 0 Å². The van der Waals surface area contributed by atoms with Gasteiger partial charge in [0.2, 0.25) is 11.8 Å². The van der Waals surface area contributed by atoms with Crippen LogP contribution in [0, 0.1) is 11.8 Å². The first-order valence-electron chi connectivity index (χ1n) is 9.37. The number of benzene rings is 1. The molecule has 0 saturated heterocycles. The maximum absolute atomic E-state index is 12.5. The van der Waals surface area contributed by atoms with E-state index in [0.29, 0.717) is 6.54 Å². The molecule has 0 heterocycles. The molecule has 1 aromatic carbocycles. The zero-order valence-corrected chi connectivity index (χ0v) is 16.4. The zero-order chi connectivity index (χ0) is 19.1. The van der Waals surface area contributed by atoms with E-state index >= 15 is 0 Å². The van der Waals surface area contributed by atoms with Crippen molar-refractivity contribution in [3.8, 4) is 0 Å². The van der Waals surface area contributed by atoms with E-state index in [0.717, 1.165) is 43.6 Å². The van der Waals surface area contributed by atoms with Gasteiger partial charge in [-0.05, 0) is 64.0 Å². The fraction of sp³-hybridized carbons (Fsp3) is 0.600. The van der Waals surface area contributed by atoms with Crippen molar-refractivity contribution >= 4 is 23.2 Å². The Balaban J connectivity index is 1.76. The number of anilines is 2. The molecular weight excluding hydrogens is 328 g/mol. The predicted octanol–water partition coefficient (Wildman–Crippen LogP) is 2.18.